The highest BCUT2D eigenvalue weighted by Crippen LogP contribution is 2.14. The summed E-state index contributed by atoms with van der Waals surface area (Å²) in [6.45, 7) is 43.4. The Morgan fingerprint density at radius 1 is 0.466 bits per heavy atom. The van der Waals surface area contributed by atoms with E-state index < -0.39 is 85.3 Å². The van der Waals surface area contributed by atoms with Crippen molar-refractivity contribution in [1.82, 2.24) is 61.3 Å². The summed E-state index contributed by atoms with van der Waals surface area (Å²) in [6.07, 6.45) is 0.737. The van der Waals surface area contributed by atoms with Gasteiger partial charge < -0.3 is 118 Å². The number of alkyl carbamates (subject to hydrolysis) is 2. The maximum atomic E-state index is 12.6. The third kappa shape index (κ3) is 71.1. The minimum atomic E-state index is -1.91. The Morgan fingerprint density at radius 2 is 0.750 bits per heavy atom. The predicted molar refractivity (Wildman–Crippen MR) is 458 cm³/mol. The number of halogens is 2. The number of carbonyl (C=O) groups excluding carboxylic acids is 7. The molecule has 39 heteroatoms. The van der Waals surface area contributed by atoms with E-state index in [4.69, 9.17) is 91.1 Å². The highest BCUT2D eigenvalue weighted by Gasteiger charge is 2.30. The van der Waals surface area contributed by atoms with Crippen LogP contribution in [-0.2, 0) is 80.9 Å². The van der Waals surface area contributed by atoms with E-state index in [9.17, 15) is 38.4 Å². The zero-order chi connectivity index (χ0) is 93.0. The van der Waals surface area contributed by atoms with Gasteiger partial charge in [-0.25, -0.2) is 14.4 Å². The van der Waals surface area contributed by atoms with Gasteiger partial charge in [-0.3, -0.25) is 53.4 Å². The van der Waals surface area contributed by atoms with Crippen molar-refractivity contribution in [2.75, 3.05) is 288 Å². The number of primary amides is 2. The number of morpholine rings is 8. The Bertz CT molecular complexity index is 2710. The van der Waals surface area contributed by atoms with Crippen LogP contribution in [0.2, 0.25) is 0 Å². The molecule has 8 saturated heterocycles. The SMILES string of the molecule is C.C1COCCN1.C1COCCN1.CCOC(=O)CN1CCOCC1.CC[C@H](C)[C@H](NC(=O)OC(C)(C)C)C(=O)O.Cl.NC(=O)CBr.NC(=O)CN1CCOCC1.[2H]C([2H])(CN1CCOCC1)NC(=O)[C@@H](N)[C@@H](C)CC.[2H]C([2H])(CN1CCOCC1)NC(=O)[C@@H](NC(=O)OC(C)(C)C)[C@@H](C)CC.[2H]C([2H])(N)CN1CCOCC1.[2H]C([2H])(N)CN1CCOCC1. The van der Waals surface area contributed by atoms with Crippen LogP contribution < -0.4 is 60.6 Å². The molecule has 6 atom stereocenters. The van der Waals surface area contributed by atoms with Gasteiger partial charge in [0.2, 0.25) is 23.6 Å². The van der Waals surface area contributed by atoms with Crippen molar-refractivity contribution >= 4 is 76.1 Å². The molecule has 37 nitrogen and oxygen atoms in total. The maximum absolute atomic E-state index is 12.6. The molecule has 8 aliphatic heterocycles. The molecule has 0 unspecified atom stereocenters. The number of nitrogens with two attached hydrogens (primary N) is 5. The zero-order valence-corrected chi connectivity index (χ0v) is 73.8. The molecular weight excluding hydrogens is 1600 g/mol. The van der Waals surface area contributed by atoms with Crippen molar-refractivity contribution in [3.8, 4) is 0 Å². The zero-order valence-electron chi connectivity index (χ0n) is 79.4. The second-order valence-corrected chi connectivity index (χ2v) is 29.5. The van der Waals surface area contributed by atoms with Crippen LogP contribution in [0.25, 0.3) is 0 Å². The fourth-order valence-electron chi connectivity index (χ4n) is 9.86. The summed E-state index contributed by atoms with van der Waals surface area (Å²) >= 11 is 2.84. The molecule has 0 bridgehead atoms. The first-order chi connectivity index (χ1) is 57.0. The Balaban J connectivity index is -0.000000666. The van der Waals surface area contributed by atoms with Crippen molar-refractivity contribution in [1.29, 1.82) is 0 Å². The van der Waals surface area contributed by atoms with Crippen LogP contribution in [0.3, 0.4) is 0 Å². The van der Waals surface area contributed by atoms with E-state index in [1.807, 2.05) is 70.9 Å². The van der Waals surface area contributed by atoms with Crippen LogP contribution in [-0.4, -0.2) is 399 Å². The smallest absolute Gasteiger partial charge is 0.408 e. The third-order valence-corrected chi connectivity index (χ3v) is 17.6. The van der Waals surface area contributed by atoms with Crippen molar-refractivity contribution in [3.63, 3.8) is 0 Å². The molecule has 8 fully saturated rings. The molecule has 8 rings (SSSR count). The standard InChI is InChI=1S/C17H33N3O4.C12H25N3O2.C11H21NO4.C8H15NO3.C6H12N2O2.2C6H14N2O.2C4H9NO.C2H4BrNO.CH4.ClH/c1-6-13(2)14(19-16(22)24-17(3,4)5)15(21)18-7-8-20-9-11-23-12-10-20;1-3-10(2)11(13)12(16)14-4-5-15-6-8-17-9-7-15;1-6-7(2)8(9(13)14)12-10(15)16-11(3,4)5;1-2-12-8(10)7-9-3-5-11-6-4-9;7-6(9)5-8-1-3-10-4-2-8;2*7-1-2-8-3-5-9-6-4-8;2*1-3-6-4-2-5-1;3-1-2(4)5;;/h13-14H,6-12H2,1-5H3,(H,18,21)(H,19,22);10-11H,3-9,13H2,1-2H3,(H,14,16);7-8H,6H2,1-5H3,(H,12,15)(H,13,14);2-7H2,1H3;1-5H2,(H2,7,9);2*1-7H2;2*5H,1-4H2;1H2,(H2,4,5);1H4;1H/t13-,14-;10-,11-;7-,8-;;;;;;;;;/m000........./s1/i7D2;4D2;;;;2*1D2;;;;;. The topological polar surface area (TPSA) is 480 Å². The number of alkyl halides is 1. The van der Waals surface area contributed by atoms with Gasteiger partial charge in [0.15, 0.2) is 0 Å². The summed E-state index contributed by atoms with van der Waals surface area (Å²) in [5.74, 6) is -3.01. The molecule has 688 valence electrons. The molecule has 0 aromatic carbocycles. The molecule has 0 aromatic rings. The number of amides is 6. The van der Waals surface area contributed by atoms with Crippen molar-refractivity contribution in [2.45, 2.75) is 146 Å². The van der Waals surface area contributed by atoms with Gasteiger partial charge in [0.1, 0.15) is 23.3 Å². The quantitative estimate of drug-likeness (QED) is 0.0304. The molecule has 0 spiro atoms. The number of hydrogen-bond acceptors (Lipinski definition) is 30. The lowest BCUT2D eigenvalue weighted by molar-refractivity contribution is -0.145. The normalized spacial score (nSPS) is 20.5. The number of hydrogen-bond donors (Lipinski definition) is 12. The number of carboxylic acid groups (broad SMARTS) is 1. The summed E-state index contributed by atoms with van der Waals surface area (Å²) in [7, 11) is 0. The van der Waals surface area contributed by atoms with Gasteiger partial charge >= 0.3 is 24.1 Å². The predicted octanol–water partition coefficient (Wildman–Crippen LogP) is 0.570. The van der Waals surface area contributed by atoms with Crippen molar-refractivity contribution < 1.29 is 107 Å². The number of ether oxygens (including phenoxy) is 11. The largest absolute Gasteiger partial charge is 0.480 e. The lowest BCUT2D eigenvalue weighted by atomic mass is 9.98. The second-order valence-electron chi connectivity index (χ2n) is 28.9. The summed E-state index contributed by atoms with van der Waals surface area (Å²) in [6, 6.07) is -2.43. The molecule has 17 N–H and O–H groups in total. The van der Waals surface area contributed by atoms with E-state index in [1.54, 1.807) is 48.5 Å². The first kappa shape index (κ1) is 102. The van der Waals surface area contributed by atoms with Crippen LogP contribution in [0.4, 0.5) is 9.59 Å². The van der Waals surface area contributed by atoms with Crippen LogP contribution in [0, 0.1) is 17.8 Å². The summed E-state index contributed by atoms with van der Waals surface area (Å²) in [5.41, 5.74) is 24.5. The summed E-state index contributed by atoms with van der Waals surface area (Å²) < 4.78 is 116. The fourth-order valence-corrected chi connectivity index (χ4v) is 9.86. The van der Waals surface area contributed by atoms with E-state index in [0.29, 0.717) is 138 Å². The van der Waals surface area contributed by atoms with Gasteiger partial charge in [0, 0.05) is 162 Å². The van der Waals surface area contributed by atoms with Crippen LogP contribution in [0.15, 0.2) is 0 Å². The highest BCUT2D eigenvalue weighted by molar-refractivity contribution is 9.09. The number of carbonyl (C=O) groups is 8. The number of rotatable bonds is 27. The first-order valence-electron chi connectivity index (χ1n) is 43.8. The summed E-state index contributed by atoms with van der Waals surface area (Å²) in [4.78, 5) is 102. The number of nitrogens with zero attached hydrogens (tertiary/aromatic N) is 6. The molecule has 8 aliphatic rings. The summed E-state index contributed by atoms with van der Waals surface area (Å²) in [5, 5.41) is 25.3. The van der Waals surface area contributed by atoms with E-state index in [0.717, 1.165) is 125 Å². The Morgan fingerprint density at radius 3 is 1.01 bits per heavy atom. The molecule has 0 radical (unpaired) electrons. The fraction of sp³-hybridized carbons (Fsp3) is 0.896. The lowest BCUT2D eigenvalue weighted by Gasteiger charge is -2.28. The highest BCUT2D eigenvalue weighted by atomic mass is 79.9. The molecule has 6 amide bonds. The maximum Gasteiger partial charge on any atom is 0.408 e. The number of nitrogens with one attached hydrogen (secondary N) is 6. The second kappa shape index (κ2) is 76.5. The third-order valence-electron chi connectivity index (χ3n) is 17.0. The molecule has 0 saturated carbocycles. The average Bonchev–Trinajstić information content (AvgIpc) is 0.848. The van der Waals surface area contributed by atoms with Gasteiger partial charge in [0.25, 0.3) is 0 Å². The number of carboxylic acids is 1. The van der Waals surface area contributed by atoms with Gasteiger partial charge in [0.05, 0.1) is 142 Å². The Hall–Kier alpha value is -4.63. The van der Waals surface area contributed by atoms with Gasteiger partial charge in [-0.15, -0.1) is 12.4 Å². The van der Waals surface area contributed by atoms with E-state index >= 15 is 0 Å². The monoisotopic (exact) mass is 1770 g/mol. The lowest BCUT2D eigenvalue weighted by Crippen LogP contribution is -2.52. The first-order valence-corrected chi connectivity index (χ1v) is 41.0. The van der Waals surface area contributed by atoms with E-state index in [1.165, 1.54) is 0 Å². The van der Waals surface area contributed by atoms with Gasteiger partial charge in [-0.2, -0.15) is 0 Å². The average molecular weight is 1770 g/mol. The van der Waals surface area contributed by atoms with Gasteiger partial charge in [-0.05, 0) is 66.2 Å². The molecule has 116 heavy (non-hydrogen) atoms. The molecule has 8 heterocycles. The van der Waals surface area contributed by atoms with Crippen LogP contribution in [0.1, 0.15) is 128 Å². The number of esters is 1. The van der Waals surface area contributed by atoms with Gasteiger partial charge in [-0.1, -0.05) is 84.2 Å². The Kier molecular flexibility index (Phi) is 67.2. The van der Waals surface area contributed by atoms with Crippen molar-refractivity contribution in [2.24, 2.45) is 46.4 Å². The van der Waals surface area contributed by atoms with E-state index in [2.05, 4.69) is 53.6 Å². The van der Waals surface area contributed by atoms with E-state index in [-0.39, 0.29) is 73.8 Å². The van der Waals surface area contributed by atoms with Crippen LogP contribution >= 0.6 is 28.3 Å². The Labute approximate surface area is 721 Å². The molecule has 0 aliphatic carbocycles. The minimum absolute atomic E-state index is 0. The minimum Gasteiger partial charge on any atom is -0.480 e. The van der Waals surface area contributed by atoms with Crippen LogP contribution in [0.5, 0.6) is 0 Å². The van der Waals surface area contributed by atoms with Crippen molar-refractivity contribution in [3.05, 3.63) is 0 Å². The molecule has 0 aromatic heterocycles. The number of aliphatic carboxylic acids is 1. The molecular formula is C77H161BrClN17O20.